The topological polar surface area (TPSA) is 59.9 Å². The van der Waals surface area contributed by atoms with Crippen LogP contribution in [0.3, 0.4) is 0 Å². The normalized spacial score (nSPS) is 15.6. The molecule has 1 amide bonds. The molecule has 1 saturated heterocycles. The zero-order valence-corrected chi connectivity index (χ0v) is 21.9. The van der Waals surface area contributed by atoms with E-state index in [-0.39, 0.29) is 5.91 Å². The van der Waals surface area contributed by atoms with E-state index in [0.29, 0.717) is 44.8 Å². The van der Waals surface area contributed by atoms with Gasteiger partial charge in [0.15, 0.2) is 16.7 Å². The fraction of sp³-hybridized carbons (Fsp3) is 0.120. The number of thioether (sulfide) groups is 1. The molecule has 0 radical (unpaired) electrons. The monoisotopic (exact) mass is 576 g/mol. The molecule has 1 N–H and O–H groups in total. The van der Waals surface area contributed by atoms with Crippen molar-refractivity contribution >= 4 is 73.7 Å². The Morgan fingerprint density at radius 3 is 2.50 bits per heavy atom. The van der Waals surface area contributed by atoms with E-state index in [1.54, 1.807) is 30.3 Å². The molecule has 0 atom stereocenters. The second kappa shape index (κ2) is 11.3. The van der Waals surface area contributed by atoms with Crippen molar-refractivity contribution in [1.82, 2.24) is 5.32 Å². The van der Waals surface area contributed by atoms with E-state index in [2.05, 4.69) is 26.2 Å². The van der Waals surface area contributed by atoms with Gasteiger partial charge in [0.05, 0.1) is 22.2 Å². The number of nitrogens with zero attached hydrogens (tertiary/aromatic N) is 1. The van der Waals surface area contributed by atoms with Crippen LogP contribution in [0.1, 0.15) is 18.1 Å². The molecule has 34 heavy (non-hydrogen) atoms. The van der Waals surface area contributed by atoms with Crippen LogP contribution < -0.4 is 14.8 Å². The molecule has 174 valence electrons. The van der Waals surface area contributed by atoms with Crippen molar-refractivity contribution in [2.75, 3.05) is 6.61 Å². The van der Waals surface area contributed by atoms with Gasteiger partial charge in [-0.15, -0.1) is 0 Å². The molecule has 3 aromatic rings. The lowest BCUT2D eigenvalue weighted by atomic mass is 10.1. The molecule has 0 aromatic heterocycles. The number of carbonyl (C=O) groups is 1. The Bertz CT molecular complexity index is 1260. The first-order valence-electron chi connectivity index (χ1n) is 10.3. The van der Waals surface area contributed by atoms with Gasteiger partial charge < -0.3 is 14.8 Å². The summed E-state index contributed by atoms with van der Waals surface area (Å²) in [6, 6.07) is 18.4. The van der Waals surface area contributed by atoms with Gasteiger partial charge in [0.25, 0.3) is 5.91 Å². The van der Waals surface area contributed by atoms with Crippen molar-refractivity contribution in [3.8, 4) is 11.5 Å². The SMILES string of the molecule is CCOc1cc(/C=C2\SC(=Nc3ccc(Br)cc3)NC2=O)cc(Cl)c1OCc1ccc(Cl)cc1. The molecule has 0 bridgehead atoms. The van der Waals surface area contributed by atoms with Gasteiger partial charge >= 0.3 is 0 Å². The second-order valence-corrected chi connectivity index (χ2v) is 9.93. The molecule has 5 nitrogen and oxygen atoms in total. The summed E-state index contributed by atoms with van der Waals surface area (Å²) in [7, 11) is 0. The number of hydrogen-bond acceptors (Lipinski definition) is 5. The zero-order valence-electron chi connectivity index (χ0n) is 18.0. The van der Waals surface area contributed by atoms with E-state index in [1.165, 1.54) is 11.8 Å². The maximum Gasteiger partial charge on any atom is 0.264 e. The summed E-state index contributed by atoms with van der Waals surface area (Å²) >= 11 is 17.2. The van der Waals surface area contributed by atoms with Gasteiger partial charge in [-0.05, 0) is 84.4 Å². The first-order chi connectivity index (χ1) is 16.4. The number of benzene rings is 3. The highest BCUT2D eigenvalue weighted by Crippen LogP contribution is 2.39. The highest BCUT2D eigenvalue weighted by molar-refractivity contribution is 9.10. The molecule has 0 unspecified atom stereocenters. The third-order valence-corrected chi connectivity index (χ3v) is 6.61. The fourth-order valence-electron chi connectivity index (χ4n) is 3.08. The molecule has 3 aromatic carbocycles. The summed E-state index contributed by atoms with van der Waals surface area (Å²) in [4.78, 5) is 17.5. The summed E-state index contributed by atoms with van der Waals surface area (Å²) in [5.74, 6) is 0.725. The largest absolute Gasteiger partial charge is 0.490 e. The molecule has 1 fully saturated rings. The number of carbonyl (C=O) groups excluding carboxylic acids is 1. The third kappa shape index (κ3) is 6.36. The first-order valence-corrected chi connectivity index (χ1v) is 12.7. The highest BCUT2D eigenvalue weighted by Gasteiger charge is 2.24. The third-order valence-electron chi connectivity index (χ3n) is 4.63. The molecule has 0 saturated carbocycles. The van der Waals surface area contributed by atoms with E-state index < -0.39 is 0 Å². The average molecular weight is 578 g/mol. The smallest absolute Gasteiger partial charge is 0.264 e. The van der Waals surface area contributed by atoms with E-state index >= 15 is 0 Å². The van der Waals surface area contributed by atoms with E-state index in [4.69, 9.17) is 32.7 Å². The van der Waals surface area contributed by atoms with Crippen LogP contribution in [0, 0.1) is 0 Å². The highest BCUT2D eigenvalue weighted by atomic mass is 79.9. The number of amidine groups is 1. The van der Waals surface area contributed by atoms with Crippen molar-refractivity contribution in [2.45, 2.75) is 13.5 Å². The number of amides is 1. The van der Waals surface area contributed by atoms with Crippen molar-refractivity contribution in [3.63, 3.8) is 0 Å². The maximum atomic E-state index is 12.5. The van der Waals surface area contributed by atoms with E-state index in [1.807, 2.05) is 43.3 Å². The van der Waals surface area contributed by atoms with Gasteiger partial charge in [0, 0.05) is 9.50 Å². The Morgan fingerprint density at radius 2 is 1.79 bits per heavy atom. The van der Waals surface area contributed by atoms with Crippen molar-refractivity contribution in [2.24, 2.45) is 4.99 Å². The van der Waals surface area contributed by atoms with Gasteiger partial charge in [-0.3, -0.25) is 4.79 Å². The van der Waals surface area contributed by atoms with Crippen molar-refractivity contribution in [3.05, 3.63) is 91.2 Å². The number of aliphatic imine (C=N–C) groups is 1. The molecule has 1 heterocycles. The fourth-order valence-corrected chi connectivity index (χ4v) is 4.58. The standard InChI is InChI=1S/C25H19BrCl2N2O3S/c1-2-32-21-12-16(11-20(28)23(21)33-14-15-3-7-18(27)8-4-15)13-22-24(31)30-25(34-22)29-19-9-5-17(26)6-10-19/h3-13H,2,14H2,1H3,(H,29,30,31)/b22-13-. The summed E-state index contributed by atoms with van der Waals surface area (Å²) in [5.41, 5.74) is 2.41. The second-order valence-electron chi connectivity index (χ2n) is 7.14. The predicted octanol–water partition coefficient (Wildman–Crippen LogP) is 7.63. The van der Waals surface area contributed by atoms with Crippen LogP contribution in [0.5, 0.6) is 11.5 Å². The van der Waals surface area contributed by atoms with Crippen LogP contribution >= 0.6 is 50.9 Å². The molecular weight excluding hydrogens is 559 g/mol. The quantitative estimate of drug-likeness (QED) is 0.293. The molecule has 0 spiro atoms. The maximum absolute atomic E-state index is 12.5. The molecule has 9 heteroatoms. The molecule has 0 aliphatic carbocycles. The van der Waals surface area contributed by atoms with Gasteiger partial charge in [0.1, 0.15) is 6.61 Å². The Kier molecular flexibility index (Phi) is 8.21. The van der Waals surface area contributed by atoms with Crippen LogP contribution in [-0.2, 0) is 11.4 Å². The molecule has 4 rings (SSSR count). The van der Waals surface area contributed by atoms with Crippen LogP contribution in [-0.4, -0.2) is 17.7 Å². The Morgan fingerprint density at radius 1 is 1.06 bits per heavy atom. The van der Waals surface area contributed by atoms with E-state index in [9.17, 15) is 4.79 Å². The van der Waals surface area contributed by atoms with Gasteiger partial charge in [0.2, 0.25) is 0 Å². The van der Waals surface area contributed by atoms with Gasteiger partial charge in [-0.25, -0.2) is 4.99 Å². The van der Waals surface area contributed by atoms with E-state index in [0.717, 1.165) is 21.3 Å². The summed E-state index contributed by atoms with van der Waals surface area (Å²) < 4.78 is 12.7. The summed E-state index contributed by atoms with van der Waals surface area (Å²) in [6.45, 7) is 2.63. The lowest BCUT2D eigenvalue weighted by Crippen LogP contribution is -2.19. The Labute approximate surface area is 220 Å². The number of hydrogen-bond donors (Lipinski definition) is 1. The van der Waals surface area contributed by atoms with Gasteiger partial charge in [-0.2, -0.15) is 0 Å². The average Bonchev–Trinajstić information content (AvgIpc) is 3.14. The van der Waals surface area contributed by atoms with Crippen LogP contribution in [0.15, 0.2) is 75.0 Å². The molecule has 1 aliphatic heterocycles. The van der Waals surface area contributed by atoms with Crippen molar-refractivity contribution < 1.29 is 14.3 Å². The van der Waals surface area contributed by atoms with Crippen molar-refractivity contribution in [1.29, 1.82) is 0 Å². The number of halogens is 3. The van der Waals surface area contributed by atoms with Crippen LogP contribution in [0.25, 0.3) is 6.08 Å². The minimum Gasteiger partial charge on any atom is -0.490 e. The summed E-state index contributed by atoms with van der Waals surface area (Å²) in [5, 5.41) is 4.35. The first kappa shape index (κ1) is 24.7. The Balaban J connectivity index is 1.54. The Hall–Kier alpha value is -2.45. The lowest BCUT2D eigenvalue weighted by Gasteiger charge is -2.15. The minimum atomic E-state index is -0.224. The lowest BCUT2D eigenvalue weighted by molar-refractivity contribution is -0.115. The zero-order chi connectivity index (χ0) is 24.1. The number of ether oxygens (including phenoxy) is 2. The molecule has 1 aliphatic rings. The summed E-state index contributed by atoms with van der Waals surface area (Å²) in [6.07, 6.45) is 1.75. The molecular formula is C25H19BrCl2N2O3S. The number of rotatable bonds is 7. The number of nitrogens with one attached hydrogen (secondary N) is 1. The predicted molar refractivity (Wildman–Crippen MR) is 143 cm³/mol. The van der Waals surface area contributed by atoms with Crippen LogP contribution in [0.2, 0.25) is 10.0 Å². The minimum absolute atomic E-state index is 0.224. The van der Waals surface area contributed by atoms with Crippen LogP contribution in [0.4, 0.5) is 5.69 Å². The van der Waals surface area contributed by atoms with Gasteiger partial charge in [-0.1, -0.05) is 51.3 Å².